The van der Waals surface area contributed by atoms with Crippen molar-refractivity contribution < 1.29 is 17.2 Å². The molecule has 7 heteroatoms. The summed E-state index contributed by atoms with van der Waals surface area (Å²) in [5, 5.41) is 10.4. The van der Waals surface area contributed by atoms with Gasteiger partial charge in [0, 0.05) is 6.07 Å². The second-order valence-corrected chi connectivity index (χ2v) is 3.98. The number of hydrogen-bond acceptors (Lipinski definition) is 4. The first-order valence-electron chi connectivity index (χ1n) is 3.52. The van der Waals surface area contributed by atoms with Crippen LogP contribution in [0.1, 0.15) is 5.56 Å². The molecule has 0 bridgehead atoms. The van der Waals surface area contributed by atoms with Gasteiger partial charge < -0.3 is 0 Å². The summed E-state index contributed by atoms with van der Waals surface area (Å²) in [5.41, 5.74) is -0.315. The smallest absolute Gasteiger partial charge is 0.258 e. The number of hydrogen-bond donors (Lipinski definition) is 0. The average molecular weight is 219 g/mol. The molecule has 0 aliphatic rings. The van der Waals surface area contributed by atoms with Gasteiger partial charge in [-0.15, -0.1) is 3.89 Å². The Morgan fingerprint density at radius 1 is 1.43 bits per heavy atom. The third-order valence-corrected chi connectivity index (χ3v) is 2.43. The summed E-state index contributed by atoms with van der Waals surface area (Å²) in [6.45, 7) is 1.51. The van der Waals surface area contributed by atoms with Gasteiger partial charge in [0.05, 0.1) is 4.92 Å². The number of nitro groups is 1. The van der Waals surface area contributed by atoms with Gasteiger partial charge in [-0.25, -0.2) is 0 Å². The Morgan fingerprint density at radius 3 is 2.43 bits per heavy atom. The second kappa shape index (κ2) is 3.33. The van der Waals surface area contributed by atoms with Crippen molar-refractivity contribution in [3.8, 4) is 0 Å². The highest BCUT2D eigenvalue weighted by Gasteiger charge is 2.24. The molecule has 0 amide bonds. The normalized spacial score (nSPS) is 11.3. The number of nitrogens with zero attached hydrogens (tertiary/aromatic N) is 1. The summed E-state index contributed by atoms with van der Waals surface area (Å²) in [6.07, 6.45) is 0. The lowest BCUT2D eigenvalue weighted by molar-refractivity contribution is -0.387. The van der Waals surface area contributed by atoms with Crippen LogP contribution in [0.2, 0.25) is 0 Å². The van der Waals surface area contributed by atoms with Gasteiger partial charge in [0.25, 0.3) is 5.69 Å². The third-order valence-electron chi connectivity index (χ3n) is 1.57. The van der Waals surface area contributed by atoms with E-state index in [1.54, 1.807) is 0 Å². The minimum atomic E-state index is -5.04. The Hall–Kier alpha value is -1.50. The molecule has 0 heterocycles. The van der Waals surface area contributed by atoms with Gasteiger partial charge in [0.15, 0.2) is 4.90 Å². The number of aryl methyl sites for hydroxylation is 1. The maximum absolute atomic E-state index is 12.6. The summed E-state index contributed by atoms with van der Waals surface area (Å²) >= 11 is 0. The fourth-order valence-corrected chi connectivity index (χ4v) is 1.69. The van der Waals surface area contributed by atoms with E-state index >= 15 is 0 Å². The predicted molar refractivity (Wildman–Crippen MR) is 46.1 cm³/mol. The average Bonchev–Trinajstić information content (AvgIpc) is 2.01. The van der Waals surface area contributed by atoms with Gasteiger partial charge in [0.1, 0.15) is 0 Å². The van der Waals surface area contributed by atoms with Gasteiger partial charge in [-0.1, -0.05) is 6.07 Å². The zero-order chi connectivity index (χ0) is 10.9. The van der Waals surface area contributed by atoms with Crippen LogP contribution in [0.3, 0.4) is 0 Å². The first-order chi connectivity index (χ1) is 6.32. The fourth-order valence-electron chi connectivity index (χ4n) is 0.967. The van der Waals surface area contributed by atoms with Crippen molar-refractivity contribution >= 4 is 15.9 Å². The highest BCUT2D eigenvalue weighted by Crippen LogP contribution is 2.25. The molecule has 0 aromatic heterocycles. The van der Waals surface area contributed by atoms with Gasteiger partial charge in [0.2, 0.25) is 0 Å². The van der Waals surface area contributed by atoms with E-state index in [0.717, 1.165) is 12.1 Å². The van der Waals surface area contributed by atoms with Crippen molar-refractivity contribution in [2.45, 2.75) is 11.8 Å². The molecule has 0 unspecified atom stereocenters. The minimum Gasteiger partial charge on any atom is -0.258 e. The Morgan fingerprint density at radius 2 is 2.00 bits per heavy atom. The van der Waals surface area contributed by atoms with Crippen LogP contribution in [0.15, 0.2) is 23.1 Å². The van der Waals surface area contributed by atoms with E-state index in [4.69, 9.17) is 0 Å². The highest BCUT2D eigenvalue weighted by molar-refractivity contribution is 7.86. The molecule has 0 spiro atoms. The Bertz CT molecular complexity index is 482. The molecule has 5 nitrogen and oxygen atoms in total. The van der Waals surface area contributed by atoms with Crippen molar-refractivity contribution in [1.82, 2.24) is 0 Å². The molecule has 0 N–H and O–H groups in total. The van der Waals surface area contributed by atoms with E-state index in [9.17, 15) is 22.4 Å². The summed E-state index contributed by atoms with van der Waals surface area (Å²) in [7, 11) is -5.04. The molecule has 76 valence electrons. The maximum atomic E-state index is 12.6. The number of benzene rings is 1. The van der Waals surface area contributed by atoms with Crippen LogP contribution in [0.4, 0.5) is 9.57 Å². The molecule has 0 fully saturated rings. The summed E-state index contributed by atoms with van der Waals surface area (Å²) in [6, 6.07) is 3.22. The summed E-state index contributed by atoms with van der Waals surface area (Å²) < 4.78 is 33.7. The van der Waals surface area contributed by atoms with Crippen LogP contribution in [-0.2, 0) is 10.2 Å². The molecule has 0 aliphatic carbocycles. The van der Waals surface area contributed by atoms with Crippen LogP contribution >= 0.6 is 0 Å². The molecule has 0 radical (unpaired) electrons. The monoisotopic (exact) mass is 219 g/mol. The van der Waals surface area contributed by atoms with Crippen LogP contribution in [0.25, 0.3) is 0 Å². The van der Waals surface area contributed by atoms with E-state index < -0.39 is 25.7 Å². The van der Waals surface area contributed by atoms with Gasteiger partial charge in [-0.3, -0.25) is 10.1 Å². The molecule has 1 aromatic carbocycles. The topological polar surface area (TPSA) is 77.3 Å². The first-order valence-corrected chi connectivity index (χ1v) is 4.90. The number of rotatable bonds is 2. The fraction of sp³-hybridized carbons (Fsp3) is 0.143. The molecule has 0 aliphatic heterocycles. The summed E-state index contributed by atoms with van der Waals surface area (Å²) in [5.74, 6) is 0. The van der Waals surface area contributed by atoms with E-state index in [-0.39, 0.29) is 0 Å². The Balaban J connectivity index is 3.54. The van der Waals surface area contributed by atoms with Crippen molar-refractivity contribution in [1.29, 1.82) is 0 Å². The Kier molecular flexibility index (Phi) is 2.52. The molecule has 1 rings (SSSR count). The standard InChI is InChI=1S/C7H6FNO4S/c1-5-2-3-6(9(10)11)7(4-5)14(8,12)13/h2-4H,1H3. The molecular formula is C7H6FNO4S. The third kappa shape index (κ3) is 2.05. The summed E-state index contributed by atoms with van der Waals surface area (Å²) in [4.78, 5) is 8.52. The number of halogens is 1. The van der Waals surface area contributed by atoms with Crippen LogP contribution < -0.4 is 0 Å². The van der Waals surface area contributed by atoms with Crippen molar-refractivity contribution in [2.75, 3.05) is 0 Å². The van der Waals surface area contributed by atoms with E-state index in [2.05, 4.69) is 0 Å². The first kappa shape index (κ1) is 10.6. The van der Waals surface area contributed by atoms with Gasteiger partial charge in [-0.2, -0.15) is 8.42 Å². The van der Waals surface area contributed by atoms with Crippen molar-refractivity contribution in [3.05, 3.63) is 33.9 Å². The molecule has 0 saturated heterocycles. The molecule has 0 atom stereocenters. The quantitative estimate of drug-likeness (QED) is 0.429. The molecule has 0 saturated carbocycles. The van der Waals surface area contributed by atoms with Crippen LogP contribution in [-0.4, -0.2) is 13.3 Å². The second-order valence-electron chi connectivity index (χ2n) is 2.67. The largest absolute Gasteiger partial charge is 0.338 e. The SMILES string of the molecule is Cc1ccc([N+](=O)[O-])c(S(=O)(=O)F)c1. The Labute approximate surface area is 79.5 Å². The minimum absolute atomic E-state index is 0.437. The molecular weight excluding hydrogens is 213 g/mol. The zero-order valence-corrected chi connectivity index (χ0v) is 7.91. The highest BCUT2D eigenvalue weighted by atomic mass is 32.3. The van der Waals surface area contributed by atoms with Crippen LogP contribution in [0.5, 0.6) is 0 Å². The van der Waals surface area contributed by atoms with E-state index in [1.807, 2.05) is 0 Å². The maximum Gasteiger partial charge on any atom is 0.338 e. The lowest BCUT2D eigenvalue weighted by Gasteiger charge is -1.98. The lowest BCUT2D eigenvalue weighted by atomic mass is 10.2. The zero-order valence-electron chi connectivity index (χ0n) is 7.10. The lowest BCUT2D eigenvalue weighted by Crippen LogP contribution is -1.99. The van der Waals surface area contributed by atoms with Crippen LogP contribution in [0, 0.1) is 17.0 Å². The van der Waals surface area contributed by atoms with E-state index in [1.165, 1.54) is 13.0 Å². The van der Waals surface area contributed by atoms with Gasteiger partial charge in [-0.05, 0) is 18.6 Å². The number of nitro benzene ring substituents is 1. The van der Waals surface area contributed by atoms with E-state index in [0.29, 0.717) is 5.56 Å². The van der Waals surface area contributed by atoms with Gasteiger partial charge >= 0.3 is 10.2 Å². The predicted octanol–water partition coefficient (Wildman–Crippen LogP) is 1.56. The molecule has 1 aromatic rings. The van der Waals surface area contributed by atoms with Crippen molar-refractivity contribution in [2.24, 2.45) is 0 Å². The van der Waals surface area contributed by atoms with Crippen molar-refractivity contribution in [3.63, 3.8) is 0 Å². The molecule has 14 heavy (non-hydrogen) atoms.